The van der Waals surface area contributed by atoms with Crippen molar-refractivity contribution in [3.63, 3.8) is 0 Å². The number of likely N-dealkylation sites (tertiary alicyclic amines) is 1. The van der Waals surface area contributed by atoms with Gasteiger partial charge in [0.25, 0.3) is 5.88 Å². The molecule has 0 radical (unpaired) electrons. The van der Waals surface area contributed by atoms with E-state index in [1.165, 1.54) is 6.08 Å². The minimum Gasteiger partial charge on any atom is -0.492 e. The van der Waals surface area contributed by atoms with Gasteiger partial charge in [0.1, 0.15) is 18.5 Å². The second-order valence-corrected chi connectivity index (χ2v) is 8.17. The Balaban J connectivity index is 1.34. The van der Waals surface area contributed by atoms with Crippen molar-refractivity contribution < 1.29 is 23.4 Å². The van der Waals surface area contributed by atoms with Gasteiger partial charge in [-0.2, -0.15) is 9.37 Å². The Labute approximate surface area is 198 Å². The van der Waals surface area contributed by atoms with Gasteiger partial charge in [-0.1, -0.05) is 12.6 Å². The van der Waals surface area contributed by atoms with E-state index < -0.39 is 5.82 Å². The van der Waals surface area contributed by atoms with E-state index in [-0.39, 0.29) is 23.8 Å². The molecule has 4 rings (SSSR count). The SMILES string of the molecule is C=CC(=O)N1CCC[C@@H](Oc2nc(Nc3cccc(OCCN4CCOCC4)c3)ncc2F)C1. The van der Waals surface area contributed by atoms with Crippen LogP contribution in [0.4, 0.5) is 16.0 Å². The van der Waals surface area contributed by atoms with Crippen LogP contribution >= 0.6 is 0 Å². The zero-order valence-electron chi connectivity index (χ0n) is 19.1. The van der Waals surface area contributed by atoms with E-state index in [1.807, 2.05) is 24.3 Å². The fraction of sp³-hybridized carbons (Fsp3) is 0.458. The Bertz CT molecular complexity index is 986. The predicted molar refractivity (Wildman–Crippen MR) is 125 cm³/mol. The van der Waals surface area contributed by atoms with Gasteiger partial charge in [-0.15, -0.1) is 0 Å². The molecule has 10 heteroatoms. The van der Waals surface area contributed by atoms with E-state index in [9.17, 15) is 9.18 Å². The van der Waals surface area contributed by atoms with Gasteiger partial charge < -0.3 is 24.4 Å². The van der Waals surface area contributed by atoms with Crippen LogP contribution in [0.1, 0.15) is 12.8 Å². The molecule has 2 aliphatic rings. The summed E-state index contributed by atoms with van der Waals surface area (Å²) in [4.78, 5) is 24.1. The number of nitrogens with one attached hydrogen (secondary N) is 1. The number of anilines is 2. The van der Waals surface area contributed by atoms with Gasteiger partial charge in [-0.25, -0.2) is 4.98 Å². The van der Waals surface area contributed by atoms with Crippen molar-refractivity contribution in [2.45, 2.75) is 18.9 Å². The van der Waals surface area contributed by atoms with Gasteiger partial charge in [0.15, 0.2) is 0 Å². The first-order valence-electron chi connectivity index (χ1n) is 11.5. The van der Waals surface area contributed by atoms with Crippen molar-refractivity contribution in [3.05, 3.63) is 48.9 Å². The van der Waals surface area contributed by atoms with Crippen LogP contribution in [0, 0.1) is 5.82 Å². The predicted octanol–water partition coefficient (Wildman–Crippen LogP) is 2.63. The number of piperidine rings is 1. The van der Waals surface area contributed by atoms with Crippen LogP contribution in [0.3, 0.4) is 0 Å². The molecule has 3 heterocycles. The first kappa shape index (κ1) is 23.9. The van der Waals surface area contributed by atoms with Crippen LogP contribution in [-0.2, 0) is 9.53 Å². The van der Waals surface area contributed by atoms with Gasteiger partial charge >= 0.3 is 0 Å². The molecule has 2 saturated heterocycles. The Kier molecular flexibility index (Phi) is 8.26. The minimum absolute atomic E-state index is 0.145. The number of aromatic nitrogens is 2. The molecule has 0 unspecified atom stereocenters. The van der Waals surface area contributed by atoms with Crippen LogP contribution in [0.5, 0.6) is 11.6 Å². The third kappa shape index (κ3) is 6.64. The smallest absolute Gasteiger partial charge is 0.255 e. The van der Waals surface area contributed by atoms with Crippen molar-refractivity contribution in [1.29, 1.82) is 0 Å². The molecule has 182 valence electrons. The monoisotopic (exact) mass is 471 g/mol. The molecular formula is C24H30FN5O4. The summed E-state index contributed by atoms with van der Waals surface area (Å²) < 4.78 is 31.4. The van der Waals surface area contributed by atoms with Gasteiger partial charge in [0, 0.05) is 37.9 Å². The molecule has 1 aromatic carbocycles. The topological polar surface area (TPSA) is 89.1 Å². The zero-order chi connectivity index (χ0) is 23.8. The van der Waals surface area contributed by atoms with E-state index in [0.29, 0.717) is 37.6 Å². The number of carbonyl (C=O) groups excluding carboxylic acids is 1. The summed E-state index contributed by atoms with van der Waals surface area (Å²) in [6.45, 7) is 9.27. The number of hydrogen-bond donors (Lipinski definition) is 1. The van der Waals surface area contributed by atoms with Gasteiger partial charge in [-0.05, 0) is 31.1 Å². The molecule has 0 aliphatic carbocycles. The highest BCUT2D eigenvalue weighted by Crippen LogP contribution is 2.24. The Hall–Kier alpha value is -3.24. The van der Waals surface area contributed by atoms with E-state index in [2.05, 4.69) is 26.8 Å². The summed E-state index contributed by atoms with van der Waals surface area (Å²) in [6, 6.07) is 7.43. The number of carbonyl (C=O) groups is 1. The maximum absolute atomic E-state index is 14.3. The highest BCUT2D eigenvalue weighted by molar-refractivity contribution is 5.87. The molecule has 9 nitrogen and oxygen atoms in total. The molecule has 1 atom stereocenters. The average Bonchev–Trinajstić information content (AvgIpc) is 2.87. The maximum atomic E-state index is 14.3. The van der Waals surface area contributed by atoms with Crippen LogP contribution in [0.15, 0.2) is 43.1 Å². The first-order chi connectivity index (χ1) is 16.6. The van der Waals surface area contributed by atoms with Crippen LogP contribution in [-0.4, -0.2) is 84.3 Å². The lowest BCUT2D eigenvalue weighted by Crippen LogP contribution is -2.43. The van der Waals surface area contributed by atoms with Crippen molar-refractivity contribution in [1.82, 2.24) is 19.8 Å². The number of halogens is 1. The van der Waals surface area contributed by atoms with Crippen molar-refractivity contribution in [2.24, 2.45) is 0 Å². The summed E-state index contributed by atoms with van der Waals surface area (Å²) in [7, 11) is 0. The molecule has 0 spiro atoms. The largest absolute Gasteiger partial charge is 0.492 e. The van der Waals surface area contributed by atoms with Gasteiger partial charge in [0.2, 0.25) is 17.7 Å². The summed E-state index contributed by atoms with van der Waals surface area (Å²) in [6.07, 6.45) is 3.47. The molecule has 0 bridgehead atoms. The molecule has 2 aliphatic heterocycles. The standard InChI is InChI=1S/C24H30FN5O4/c1-2-22(31)30-8-4-7-20(17-30)34-23-21(25)16-26-24(28-23)27-18-5-3-6-19(15-18)33-14-11-29-9-12-32-13-10-29/h2-3,5-6,15-16,20H,1,4,7-14,17H2,(H,26,27,28)/t20-/m1/s1. The normalized spacial score (nSPS) is 18.9. The van der Waals surface area contributed by atoms with Crippen molar-refractivity contribution in [2.75, 3.05) is 57.9 Å². The van der Waals surface area contributed by atoms with Gasteiger partial charge in [0.05, 0.1) is 26.0 Å². The number of rotatable bonds is 9. The Morgan fingerprint density at radius 3 is 3.00 bits per heavy atom. The highest BCUT2D eigenvalue weighted by Gasteiger charge is 2.25. The number of amides is 1. The molecule has 2 fully saturated rings. The number of benzene rings is 1. The van der Waals surface area contributed by atoms with Gasteiger partial charge in [-0.3, -0.25) is 9.69 Å². The van der Waals surface area contributed by atoms with Crippen LogP contribution < -0.4 is 14.8 Å². The number of nitrogens with zero attached hydrogens (tertiary/aromatic N) is 4. The maximum Gasteiger partial charge on any atom is 0.255 e. The molecule has 0 saturated carbocycles. The highest BCUT2D eigenvalue weighted by atomic mass is 19.1. The lowest BCUT2D eigenvalue weighted by molar-refractivity contribution is -0.128. The second kappa shape index (κ2) is 11.8. The summed E-state index contributed by atoms with van der Waals surface area (Å²) in [5, 5.41) is 3.07. The van der Waals surface area contributed by atoms with E-state index >= 15 is 0 Å². The average molecular weight is 472 g/mol. The lowest BCUT2D eigenvalue weighted by Gasteiger charge is -2.32. The lowest BCUT2D eigenvalue weighted by atomic mass is 10.1. The third-order valence-electron chi connectivity index (χ3n) is 5.72. The van der Waals surface area contributed by atoms with Crippen molar-refractivity contribution >= 4 is 17.5 Å². The summed E-state index contributed by atoms with van der Waals surface area (Å²) in [5.74, 6) is -0.0418. The quantitative estimate of drug-likeness (QED) is 0.559. The van der Waals surface area contributed by atoms with Crippen molar-refractivity contribution in [3.8, 4) is 11.6 Å². The van der Waals surface area contributed by atoms with E-state index in [0.717, 1.165) is 45.5 Å². The number of ether oxygens (including phenoxy) is 3. The molecule has 1 aromatic heterocycles. The van der Waals surface area contributed by atoms with Crippen LogP contribution in [0.2, 0.25) is 0 Å². The van der Waals surface area contributed by atoms with E-state index in [4.69, 9.17) is 14.2 Å². The molecular weight excluding hydrogens is 441 g/mol. The molecule has 1 N–H and O–H groups in total. The second-order valence-electron chi connectivity index (χ2n) is 8.17. The molecule has 34 heavy (non-hydrogen) atoms. The third-order valence-corrected chi connectivity index (χ3v) is 5.72. The fourth-order valence-corrected chi connectivity index (χ4v) is 3.93. The summed E-state index contributed by atoms with van der Waals surface area (Å²) >= 11 is 0. The fourth-order valence-electron chi connectivity index (χ4n) is 3.93. The van der Waals surface area contributed by atoms with E-state index in [1.54, 1.807) is 4.90 Å². The first-order valence-corrected chi connectivity index (χ1v) is 11.5. The number of hydrogen-bond acceptors (Lipinski definition) is 8. The minimum atomic E-state index is -0.655. The molecule has 1 amide bonds. The molecule has 2 aromatic rings. The Morgan fingerprint density at radius 2 is 2.18 bits per heavy atom. The zero-order valence-corrected chi connectivity index (χ0v) is 19.1. The Morgan fingerprint density at radius 1 is 1.32 bits per heavy atom. The summed E-state index contributed by atoms with van der Waals surface area (Å²) in [5.41, 5.74) is 0.710. The van der Waals surface area contributed by atoms with Crippen LogP contribution in [0.25, 0.3) is 0 Å². The number of morpholine rings is 1.